The van der Waals surface area contributed by atoms with Crippen LogP contribution in [0.5, 0.6) is 0 Å². The molecule has 0 aliphatic heterocycles. The van der Waals surface area contributed by atoms with Gasteiger partial charge in [-0.15, -0.1) is 0 Å². The van der Waals surface area contributed by atoms with Crippen molar-refractivity contribution in [1.82, 2.24) is 5.32 Å². The summed E-state index contributed by atoms with van der Waals surface area (Å²) in [6, 6.07) is 7.18. The van der Waals surface area contributed by atoms with Gasteiger partial charge in [0.25, 0.3) is 0 Å². The molecule has 1 rings (SSSR count). The standard InChI is InChI=1S/C13H20BrNO2S/c1-3-15-11(2)5-4-10-18(16,17)13-8-6-12(14)7-9-13/h6-9,11,15H,3-5,10H2,1-2H3. The SMILES string of the molecule is CCNC(C)CCCS(=O)(=O)c1ccc(Br)cc1. The number of hydrogen-bond acceptors (Lipinski definition) is 3. The highest BCUT2D eigenvalue weighted by atomic mass is 79.9. The second-order valence-corrected chi connectivity index (χ2v) is 7.40. The van der Waals surface area contributed by atoms with Crippen molar-refractivity contribution in [1.29, 1.82) is 0 Å². The minimum absolute atomic E-state index is 0.213. The molecular formula is C13H20BrNO2S. The van der Waals surface area contributed by atoms with Crippen LogP contribution >= 0.6 is 15.9 Å². The Morgan fingerprint density at radius 2 is 1.89 bits per heavy atom. The predicted molar refractivity (Wildman–Crippen MR) is 78.6 cm³/mol. The average Bonchev–Trinajstić information content (AvgIpc) is 2.29. The van der Waals surface area contributed by atoms with Crippen molar-refractivity contribution < 1.29 is 8.42 Å². The van der Waals surface area contributed by atoms with E-state index in [9.17, 15) is 8.42 Å². The molecule has 0 amide bonds. The Kier molecular flexibility index (Phi) is 6.32. The van der Waals surface area contributed by atoms with E-state index in [0.717, 1.165) is 17.4 Å². The van der Waals surface area contributed by atoms with Crippen molar-refractivity contribution in [3.63, 3.8) is 0 Å². The summed E-state index contributed by atoms with van der Waals surface area (Å²) in [6.45, 7) is 5.05. The Bertz CT molecular complexity index is 456. The molecule has 0 bridgehead atoms. The van der Waals surface area contributed by atoms with Crippen molar-refractivity contribution in [3.05, 3.63) is 28.7 Å². The number of halogens is 1. The first-order valence-corrected chi connectivity index (χ1v) is 8.62. The molecule has 3 nitrogen and oxygen atoms in total. The maximum atomic E-state index is 12.0. The first kappa shape index (κ1) is 15.7. The highest BCUT2D eigenvalue weighted by molar-refractivity contribution is 9.10. The molecular weight excluding hydrogens is 314 g/mol. The van der Waals surface area contributed by atoms with E-state index in [0.29, 0.717) is 17.4 Å². The predicted octanol–water partition coefficient (Wildman–Crippen LogP) is 3.00. The summed E-state index contributed by atoms with van der Waals surface area (Å²) in [5.74, 6) is 0.213. The van der Waals surface area contributed by atoms with Gasteiger partial charge in [0.1, 0.15) is 0 Å². The summed E-state index contributed by atoms with van der Waals surface area (Å²) in [4.78, 5) is 0.404. The lowest BCUT2D eigenvalue weighted by Crippen LogP contribution is -2.26. The van der Waals surface area contributed by atoms with Crippen LogP contribution in [0.3, 0.4) is 0 Å². The second kappa shape index (κ2) is 7.26. The average molecular weight is 334 g/mol. The molecule has 0 fully saturated rings. The van der Waals surface area contributed by atoms with Crippen molar-refractivity contribution >= 4 is 25.8 Å². The smallest absolute Gasteiger partial charge is 0.178 e. The number of rotatable bonds is 7. The van der Waals surface area contributed by atoms with Crippen LogP contribution in [-0.4, -0.2) is 26.8 Å². The van der Waals surface area contributed by atoms with Crippen LogP contribution < -0.4 is 5.32 Å². The maximum absolute atomic E-state index is 12.0. The van der Waals surface area contributed by atoms with Crippen molar-refractivity contribution in [2.75, 3.05) is 12.3 Å². The lowest BCUT2D eigenvalue weighted by atomic mass is 10.2. The molecule has 102 valence electrons. The van der Waals surface area contributed by atoms with Crippen molar-refractivity contribution in [3.8, 4) is 0 Å². The highest BCUT2D eigenvalue weighted by Crippen LogP contribution is 2.17. The van der Waals surface area contributed by atoms with E-state index >= 15 is 0 Å². The molecule has 0 aliphatic rings. The van der Waals surface area contributed by atoms with Crippen LogP contribution in [0.25, 0.3) is 0 Å². The van der Waals surface area contributed by atoms with Crippen LogP contribution in [0.1, 0.15) is 26.7 Å². The summed E-state index contributed by atoms with van der Waals surface area (Å²) in [5, 5.41) is 3.28. The van der Waals surface area contributed by atoms with E-state index in [4.69, 9.17) is 0 Å². The zero-order chi connectivity index (χ0) is 13.6. The topological polar surface area (TPSA) is 46.2 Å². The van der Waals surface area contributed by atoms with Gasteiger partial charge in [0.2, 0.25) is 0 Å². The Morgan fingerprint density at radius 3 is 2.44 bits per heavy atom. The van der Waals surface area contributed by atoms with E-state index in [2.05, 4.69) is 35.1 Å². The van der Waals surface area contributed by atoms with Crippen LogP contribution in [0.2, 0.25) is 0 Å². The zero-order valence-corrected chi connectivity index (χ0v) is 13.2. The van der Waals surface area contributed by atoms with Gasteiger partial charge in [0, 0.05) is 10.5 Å². The normalized spacial score (nSPS) is 13.5. The minimum atomic E-state index is -3.14. The first-order valence-electron chi connectivity index (χ1n) is 6.17. The Balaban J connectivity index is 2.52. The van der Waals surface area contributed by atoms with Gasteiger partial charge in [0.05, 0.1) is 10.6 Å². The van der Waals surface area contributed by atoms with Gasteiger partial charge in [-0.3, -0.25) is 0 Å². The lowest BCUT2D eigenvalue weighted by molar-refractivity contribution is 0.521. The molecule has 1 atom stereocenters. The van der Waals surface area contributed by atoms with Crippen molar-refractivity contribution in [2.24, 2.45) is 0 Å². The third-order valence-electron chi connectivity index (χ3n) is 2.78. The molecule has 0 saturated heterocycles. The molecule has 1 aromatic rings. The Labute approximate surface area is 118 Å². The highest BCUT2D eigenvalue weighted by Gasteiger charge is 2.14. The molecule has 1 N–H and O–H groups in total. The summed E-state index contributed by atoms with van der Waals surface area (Å²) < 4.78 is 25.0. The van der Waals surface area contributed by atoms with E-state index in [1.54, 1.807) is 24.3 Å². The van der Waals surface area contributed by atoms with Crippen LogP contribution in [0, 0.1) is 0 Å². The van der Waals surface area contributed by atoms with Gasteiger partial charge in [-0.25, -0.2) is 8.42 Å². The number of hydrogen-bond donors (Lipinski definition) is 1. The van der Waals surface area contributed by atoms with Gasteiger partial charge in [-0.1, -0.05) is 22.9 Å². The summed E-state index contributed by atoms with van der Waals surface area (Å²) in [5.41, 5.74) is 0. The minimum Gasteiger partial charge on any atom is -0.315 e. The van der Waals surface area contributed by atoms with Gasteiger partial charge < -0.3 is 5.32 Å². The monoisotopic (exact) mass is 333 g/mol. The molecule has 0 aromatic heterocycles. The fraction of sp³-hybridized carbons (Fsp3) is 0.538. The molecule has 0 heterocycles. The summed E-state index contributed by atoms with van der Waals surface area (Å²) in [6.07, 6.45) is 1.57. The van der Waals surface area contributed by atoms with E-state index in [1.807, 2.05) is 0 Å². The number of benzene rings is 1. The Hall–Kier alpha value is -0.390. The zero-order valence-electron chi connectivity index (χ0n) is 10.8. The molecule has 0 aliphatic carbocycles. The molecule has 0 saturated carbocycles. The molecule has 0 spiro atoms. The third-order valence-corrected chi connectivity index (χ3v) is 5.12. The fourth-order valence-electron chi connectivity index (χ4n) is 1.79. The Morgan fingerprint density at radius 1 is 1.28 bits per heavy atom. The second-order valence-electron chi connectivity index (χ2n) is 4.37. The molecule has 18 heavy (non-hydrogen) atoms. The number of sulfone groups is 1. The van der Waals surface area contributed by atoms with Crippen molar-refractivity contribution in [2.45, 2.75) is 37.6 Å². The van der Waals surface area contributed by atoms with Crippen LogP contribution in [0.4, 0.5) is 0 Å². The summed E-state index contributed by atoms with van der Waals surface area (Å²) in [7, 11) is -3.14. The van der Waals surface area contributed by atoms with Gasteiger partial charge in [-0.05, 0) is 50.6 Å². The quantitative estimate of drug-likeness (QED) is 0.834. The molecule has 0 radical (unpaired) electrons. The van der Waals surface area contributed by atoms with Gasteiger partial charge >= 0.3 is 0 Å². The molecule has 5 heteroatoms. The van der Waals surface area contributed by atoms with Crippen LogP contribution in [-0.2, 0) is 9.84 Å². The molecule has 1 unspecified atom stereocenters. The van der Waals surface area contributed by atoms with E-state index in [1.165, 1.54) is 0 Å². The fourth-order valence-corrected chi connectivity index (χ4v) is 3.39. The van der Waals surface area contributed by atoms with Crippen LogP contribution in [0.15, 0.2) is 33.6 Å². The lowest BCUT2D eigenvalue weighted by Gasteiger charge is -2.11. The largest absolute Gasteiger partial charge is 0.315 e. The molecule has 1 aromatic carbocycles. The first-order chi connectivity index (χ1) is 8.45. The van der Waals surface area contributed by atoms with Gasteiger partial charge in [-0.2, -0.15) is 0 Å². The van der Waals surface area contributed by atoms with E-state index < -0.39 is 9.84 Å². The van der Waals surface area contributed by atoms with E-state index in [-0.39, 0.29) is 5.75 Å². The summed E-state index contributed by atoms with van der Waals surface area (Å²) >= 11 is 3.30. The number of nitrogens with one attached hydrogen (secondary N) is 1. The van der Waals surface area contributed by atoms with Gasteiger partial charge in [0.15, 0.2) is 9.84 Å². The third kappa shape index (κ3) is 5.08. The maximum Gasteiger partial charge on any atom is 0.178 e.